The van der Waals surface area contributed by atoms with E-state index in [-0.39, 0.29) is 5.41 Å². The van der Waals surface area contributed by atoms with Gasteiger partial charge >= 0.3 is 0 Å². The summed E-state index contributed by atoms with van der Waals surface area (Å²) < 4.78 is 10.7. The maximum atomic E-state index is 6.03. The maximum absolute atomic E-state index is 6.03. The summed E-state index contributed by atoms with van der Waals surface area (Å²) in [5.41, 5.74) is 0.149. The van der Waals surface area contributed by atoms with E-state index >= 15 is 0 Å². The van der Waals surface area contributed by atoms with E-state index in [9.17, 15) is 0 Å². The molecule has 0 aromatic rings. The zero-order chi connectivity index (χ0) is 9.73. The summed E-state index contributed by atoms with van der Waals surface area (Å²) in [6.45, 7) is 4.65. The lowest BCUT2D eigenvalue weighted by Gasteiger charge is -2.40. The minimum atomic E-state index is 0.149. The molecule has 1 heterocycles. The topological polar surface area (TPSA) is 18.5 Å². The minimum absolute atomic E-state index is 0.149. The molecule has 0 radical (unpaired) electrons. The van der Waals surface area contributed by atoms with Gasteiger partial charge < -0.3 is 9.47 Å². The third-order valence-corrected chi connectivity index (χ3v) is 3.61. The summed E-state index contributed by atoms with van der Waals surface area (Å²) in [4.78, 5) is 0. The van der Waals surface area contributed by atoms with Crippen molar-refractivity contribution in [2.24, 2.45) is 11.3 Å². The van der Waals surface area contributed by atoms with Crippen LogP contribution in [-0.4, -0.2) is 32.8 Å². The van der Waals surface area contributed by atoms with E-state index < -0.39 is 0 Å². The van der Waals surface area contributed by atoms with Crippen molar-refractivity contribution >= 4 is 11.6 Å². The predicted molar refractivity (Wildman–Crippen MR) is 54.2 cm³/mol. The first kappa shape index (κ1) is 11.3. The second-order valence-electron chi connectivity index (χ2n) is 4.01. The first-order chi connectivity index (χ1) is 6.25. The van der Waals surface area contributed by atoms with Crippen molar-refractivity contribution < 1.29 is 9.47 Å². The first-order valence-corrected chi connectivity index (χ1v) is 5.41. The molecule has 13 heavy (non-hydrogen) atoms. The van der Waals surface area contributed by atoms with Gasteiger partial charge in [0.25, 0.3) is 0 Å². The van der Waals surface area contributed by atoms with Gasteiger partial charge in [-0.3, -0.25) is 0 Å². The van der Waals surface area contributed by atoms with Gasteiger partial charge in [0.2, 0.25) is 0 Å². The molecule has 0 spiro atoms. The average molecular weight is 207 g/mol. The SMILES string of the molecule is COCC(C)C1(CCl)CCCOC1. The predicted octanol–water partition coefficient (Wildman–Crippen LogP) is 2.30. The van der Waals surface area contributed by atoms with Gasteiger partial charge in [-0.1, -0.05) is 6.92 Å². The standard InChI is InChI=1S/C10H19ClO2/c1-9(6-12-2)10(7-11)4-3-5-13-8-10/h9H,3-8H2,1-2H3. The second-order valence-corrected chi connectivity index (χ2v) is 4.28. The normalized spacial score (nSPS) is 31.6. The van der Waals surface area contributed by atoms with Crippen LogP contribution in [0.5, 0.6) is 0 Å². The van der Waals surface area contributed by atoms with E-state index in [2.05, 4.69) is 6.92 Å². The van der Waals surface area contributed by atoms with Crippen LogP contribution in [-0.2, 0) is 9.47 Å². The fourth-order valence-electron chi connectivity index (χ4n) is 1.93. The van der Waals surface area contributed by atoms with E-state index in [1.54, 1.807) is 7.11 Å². The number of alkyl halides is 1. The van der Waals surface area contributed by atoms with Crippen LogP contribution in [0.3, 0.4) is 0 Å². The Morgan fingerprint density at radius 2 is 2.38 bits per heavy atom. The molecule has 1 fully saturated rings. The van der Waals surface area contributed by atoms with Gasteiger partial charge in [-0.2, -0.15) is 0 Å². The number of ether oxygens (including phenoxy) is 2. The molecule has 0 amide bonds. The molecule has 1 aliphatic rings. The fraction of sp³-hybridized carbons (Fsp3) is 1.00. The van der Waals surface area contributed by atoms with Crippen molar-refractivity contribution in [2.45, 2.75) is 19.8 Å². The van der Waals surface area contributed by atoms with E-state index in [1.165, 1.54) is 6.42 Å². The third-order valence-electron chi connectivity index (χ3n) is 3.08. The van der Waals surface area contributed by atoms with Crippen LogP contribution in [0, 0.1) is 11.3 Å². The summed E-state index contributed by atoms with van der Waals surface area (Å²) in [6.07, 6.45) is 2.29. The third kappa shape index (κ3) is 2.58. The minimum Gasteiger partial charge on any atom is -0.384 e. The smallest absolute Gasteiger partial charge is 0.0537 e. The molecule has 3 heteroatoms. The molecule has 1 rings (SSSR count). The Bertz CT molecular complexity index is 144. The van der Waals surface area contributed by atoms with Gasteiger partial charge in [0.15, 0.2) is 0 Å². The summed E-state index contributed by atoms with van der Waals surface area (Å²) >= 11 is 6.03. The molecule has 0 aromatic carbocycles. The van der Waals surface area contributed by atoms with Gasteiger partial charge in [-0.15, -0.1) is 11.6 Å². The average Bonchev–Trinajstić information content (AvgIpc) is 2.19. The molecule has 78 valence electrons. The summed E-state index contributed by atoms with van der Waals surface area (Å²) in [6, 6.07) is 0. The van der Waals surface area contributed by atoms with Crippen LogP contribution in [0.2, 0.25) is 0 Å². The van der Waals surface area contributed by atoms with Gasteiger partial charge in [0.05, 0.1) is 6.61 Å². The van der Waals surface area contributed by atoms with Gasteiger partial charge in [0.1, 0.15) is 0 Å². The first-order valence-electron chi connectivity index (χ1n) is 4.88. The number of hydrogen-bond acceptors (Lipinski definition) is 2. The molecule has 2 atom stereocenters. The molecule has 1 saturated heterocycles. The summed E-state index contributed by atoms with van der Waals surface area (Å²) in [5.74, 6) is 1.16. The highest BCUT2D eigenvalue weighted by Crippen LogP contribution is 2.37. The molecule has 2 nitrogen and oxygen atoms in total. The van der Waals surface area contributed by atoms with Gasteiger partial charge in [-0.05, 0) is 18.8 Å². The summed E-state index contributed by atoms with van der Waals surface area (Å²) in [7, 11) is 1.74. The highest BCUT2D eigenvalue weighted by Gasteiger charge is 2.37. The Morgan fingerprint density at radius 3 is 2.85 bits per heavy atom. The molecule has 0 N–H and O–H groups in total. The largest absolute Gasteiger partial charge is 0.384 e. The van der Waals surface area contributed by atoms with E-state index in [0.717, 1.165) is 26.2 Å². The quantitative estimate of drug-likeness (QED) is 0.658. The molecule has 0 aromatic heterocycles. The highest BCUT2D eigenvalue weighted by atomic mass is 35.5. The van der Waals surface area contributed by atoms with E-state index in [1.807, 2.05) is 0 Å². The van der Waals surface area contributed by atoms with Crippen LogP contribution in [0.25, 0.3) is 0 Å². The lowest BCUT2D eigenvalue weighted by Crippen LogP contribution is -2.41. The van der Waals surface area contributed by atoms with Crippen molar-refractivity contribution in [2.75, 3.05) is 32.8 Å². The summed E-state index contributed by atoms with van der Waals surface area (Å²) in [5, 5.41) is 0. The zero-order valence-corrected chi connectivity index (χ0v) is 9.27. The Balaban J connectivity index is 2.55. The molecule has 0 saturated carbocycles. The lowest BCUT2D eigenvalue weighted by molar-refractivity contribution is -0.0426. The second kappa shape index (κ2) is 5.18. The monoisotopic (exact) mass is 206 g/mol. The fourth-order valence-corrected chi connectivity index (χ4v) is 2.40. The van der Waals surface area contributed by atoms with Crippen LogP contribution >= 0.6 is 11.6 Å². The van der Waals surface area contributed by atoms with Crippen molar-refractivity contribution in [3.05, 3.63) is 0 Å². The van der Waals surface area contributed by atoms with Gasteiger partial charge in [-0.25, -0.2) is 0 Å². The Kier molecular flexibility index (Phi) is 4.50. The lowest BCUT2D eigenvalue weighted by atomic mass is 9.74. The van der Waals surface area contributed by atoms with Crippen molar-refractivity contribution in [3.8, 4) is 0 Å². The van der Waals surface area contributed by atoms with Crippen LogP contribution < -0.4 is 0 Å². The number of hydrogen-bond donors (Lipinski definition) is 0. The van der Waals surface area contributed by atoms with Crippen molar-refractivity contribution in [1.82, 2.24) is 0 Å². The number of methoxy groups -OCH3 is 1. The molecule has 1 aliphatic heterocycles. The zero-order valence-electron chi connectivity index (χ0n) is 8.51. The van der Waals surface area contributed by atoms with Gasteiger partial charge in [0, 0.05) is 31.6 Å². The van der Waals surface area contributed by atoms with E-state index in [4.69, 9.17) is 21.1 Å². The molecule has 0 bridgehead atoms. The molecule has 0 aliphatic carbocycles. The van der Waals surface area contributed by atoms with Crippen molar-refractivity contribution in [3.63, 3.8) is 0 Å². The Morgan fingerprint density at radius 1 is 1.62 bits per heavy atom. The van der Waals surface area contributed by atoms with Crippen LogP contribution in [0.15, 0.2) is 0 Å². The molecule has 2 unspecified atom stereocenters. The van der Waals surface area contributed by atoms with Crippen LogP contribution in [0.4, 0.5) is 0 Å². The van der Waals surface area contributed by atoms with Crippen LogP contribution in [0.1, 0.15) is 19.8 Å². The maximum Gasteiger partial charge on any atom is 0.0537 e. The van der Waals surface area contributed by atoms with E-state index in [0.29, 0.717) is 11.8 Å². The Hall–Kier alpha value is 0.210. The number of rotatable bonds is 4. The molecular weight excluding hydrogens is 188 g/mol. The van der Waals surface area contributed by atoms with Crippen molar-refractivity contribution in [1.29, 1.82) is 0 Å². The molecular formula is C10H19ClO2. The highest BCUT2D eigenvalue weighted by molar-refractivity contribution is 6.18. The number of halogens is 1. The Labute approximate surface area is 85.5 Å².